The van der Waals surface area contributed by atoms with Crippen molar-refractivity contribution in [3.8, 4) is 0 Å². The second-order valence-corrected chi connectivity index (χ2v) is 10.6. The first-order valence-electron chi connectivity index (χ1n) is 11.6. The Morgan fingerprint density at radius 3 is 2.18 bits per heavy atom. The molecule has 34 heavy (non-hydrogen) atoms. The molecule has 0 aliphatic carbocycles. The molecule has 3 amide bonds. The van der Waals surface area contributed by atoms with Crippen LogP contribution in [-0.4, -0.2) is 70.8 Å². The maximum atomic E-state index is 13.8. The van der Waals surface area contributed by atoms with Gasteiger partial charge in [0.2, 0.25) is 11.8 Å². The highest BCUT2D eigenvalue weighted by Crippen LogP contribution is 2.29. The highest BCUT2D eigenvalue weighted by atomic mass is 32.2. The molecular weight excluding hydrogens is 454 g/mol. The summed E-state index contributed by atoms with van der Waals surface area (Å²) in [6, 6.07) is 3.67. The standard InChI is InChI=1S/C25H41N3O5S/c1-16(2)26-22(30)21(20-17(3)10-9-11-18(20)4)28(13-14-29)23(31)19(12-15-34-8)27-24(32)33-25(5,6)7/h9-11,16,19,21,29H,12-15H2,1-8H3,(H,26,30)(H,27,32). The predicted molar refractivity (Wildman–Crippen MR) is 137 cm³/mol. The Morgan fingerprint density at radius 1 is 1.12 bits per heavy atom. The Bertz CT molecular complexity index is 818. The van der Waals surface area contributed by atoms with E-state index in [0.717, 1.165) is 11.1 Å². The number of aryl methyl sites for hydroxylation is 2. The summed E-state index contributed by atoms with van der Waals surface area (Å²) >= 11 is 1.55. The molecule has 2 unspecified atom stereocenters. The topological polar surface area (TPSA) is 108 Å². The van der Waals surface area contributed by atoms with Gasteiger partial charge in [0.05, 0.1) is 6.61 Å². The van der Waals surface area contributed by atoms with Gasteiger partial charge in [0.15, 0.2) is 0 Å². The molecule has 8 nitrogen and oxygen atoms in total. The van der Waals surface area contributed by atoms with Gasteiger partial charge >= 0.3 is 6.09 Å². The molecule has 0 aromatic heterocycles. The van der Waals surface area contributed by atoms with Crippen molar-refractivity contribution in [1.29, 1.82) is 0 Å². The average molecular weight is 496 g/mol. The lowest BCUT2D eigenvalue weighted by atomic mass is 9.93. The number of carbonyl (C=O) groups excluding carboxylic acids is 3. The van der Waals surface area contributed by atoms with E-state index in [9.17, 15) is 19.5 Å². The molecule has 0 saturated heterocycles. The number of amides is 3. The Balaban J connectivity index is 3.48. The number of hydrogen-bond donors (Lipinski definition) is 3. The number of nitrogens with zero attached hydrogens (tertiary/aromatic N) is 1. The molecule has 2 atom stereocenters. The van der Waals surface area contributed by atoms with Crippen LogP contribution < -0.4 is 10.6 Å². The first-order chi connectivity index (χ1) is 15.8. The monoisotopic (exact) mass is 495 g/mol. The molecule has 0 heterocycles. The van der Waals surface area contributed by atoms with Crippen LogP contribution in [0, 0.1) is 13.8 Å². The number of alkyl carbamates (subject to hydrolysis) is 1. The number of rotatable bonds is 11. The van der Waals surface area contributed by atoms with Gasteiger partial charge in [-0.1, -0.05) is 18.2 Å². The van der Waals surface area contributed by atoms with Crippen LogP contribution in [0.15, 0.2) is 18.2 Å². The van der Waals surface area contributed by atoms with Crippen molar-refractivity contribution in [3.63, 3.8) is 0 Å². The van der Waals surface area contributed by atoms with Crippen molar-refractivity contribution < 1.29 is 24.2 Å². The highest BCUT2D eigenvalue weighted by molar-refractivity contribution is 7.98. The van der Waals surface area contributed by atoms with Crippen LogP contribution in [0.1, 0.15) is 63.8 Å². The quantitative estimate of drug-likeness (QED) is 0.435. The largest absolute Gasteiger partial charge is 0.444 e. The normalized spacial score (nSPS) is 13.2. The zero-order valence-corrected chi connectivity index (χ0v) is 22.5. The molecule has 0 bridgehead atoms. The smallest absolute Gasteiger partial charge is 0.408 e. The van der Waals surface area contributed by atoms with E-state index in [-0.39, 0.29) is 25.1 Å². The zero-order valence-electron chi connectivity index (χ0n) is 21.7. The Morgan fingerprint density at radius 2 is 1.71 bits per heavy atom. The van der Waals surface area contributed by atoms with Gasteiger partial charge in [0, 0.05) is 12.6 Å². The van der Waals surface area contributed by atoms with Gasteiger partial charge in [-0.25, -0.2) is 4.79 Å². The van der Waals surface area contributed by atoms with E-state index in [1.165, 1.54) is 4.90 Å². The predicted octanol–water partition coefficient (Wildman–Crippen LogP) is 3.34. The van der Waals surface area contributed by atoms with Gasteiger partial charge in [-0.15, -0.1) is 0 Å². The summed E-state index contributed by atoms with van der Waals surface area (Å²) in [4.78, 5) is 41.1. The third kappa shape index (κ3) is 9.18. The molecule has 1 rings (SSSR count). The third-order valence-electron chi connectivity index (χ3n) is 5.03. The minimum atomic E-state index is -0.958. The van der Waals surface area contributed by atoms with Crippen molar-refractivity contribution in [3.05, 3.63) is 34.9 Å². The number of aliphatic hydroxyl groups is 1. The summed E-state index contributed by atoms with van der Waals surface area (Å²) in [5.74, 6) is -0.165. The summed E-state index contributed by atoms with van der Waals surface area (Å²) in [5.41, 5.74) is 1.71. The Hall–Kier alpha value is -2.26. The van der Waals surface area contributed by atoms with E-state index < -0.39 is 29.7 Å². The van der Waals surface area contributed by atoms with Crippen LogP contribution in [0.4, 0.5) is 4.79 Å². The van der Waals surface area contributed by atoms with Crippen LogP contribution in [-0.2, 0) is 14.3 Å². The van der Waals surface area contributed by atoms with E-state index in [0.29, 0.717) is 17.7 Å². The van der Waals surface area contributed by atoms with Crippen molar-refractivity contribution >= 4 is 29.7 Å². The first kappa shape index (κ1) is 29.8. The summed E-state index contributed by atoms with van der Waals surface area (Å²) in [7, 11) is 0. The van der Waals surface area contributed by atoms with E-state index >= 15 is 0 Å². The van der Waals surface area contributed by atoms with Gasteiger partial charge in [-0.05, 0) is 83.6 Å². The molecule has 3 N–H and O–H groups in total. The van der Waals surface area contributed by atoms with Gasteiger partial charge in [0.1, 0.15) is 17.7 Å². The molecule has 9 heteroatoms. The molecule has 0 aliphatic rings. The molecule has 1 aromatic rings. The molecule has 192 valence electrons. The second-order valence-electron chi connectivity index (χ2n) is 9.61. The number of hydrogen-bond acceptors (Lipinski definition) is 6. The maximum Gasteiger partial charge on any atom is 0.408 e. The number of aliphatic hydroxyl groups excluding tert-OH is 1. The van der Waals surface area contributed by atoms with Gasteiger partial charge in [0.25, 0.3) is 0 Å². The van der Waals surface area contributed by atoms with Crippen LogP contribution in [0.2, 0.25) is 0 Å². The fourth-order valence-corrected chi connectivity index (χ4v) is 4.14. The minimum Gasteiger partial charge on any atom is -0.444 e. The SMILES string of the molecule is CSCCC(NC(=O)OC(C)(C)C)C(=O)N(CCO)C(C(=O)NC(C)C)c1c(C)cccc1C. The molecule has 0 radical (unpaired) electrons. The fraction of sp³-hybridized carbons (Fsp3) is 0.640. The van der Waals surface area contributed by atoms with Crippen molar-refractivity contribution in [1.82, 2.24) is 15.5 Å². The highest BCUT2D eigenvalue weighted by Gasteiger charge is 2.37. The number of thioether (sulfide) groups is 1. The van der Waals surface area contributed by atoms with Crippen LogP contribution in [0.3, 0.4) is 0 Å². The second kappa shape index (κ2) is 13.6. The lowest BCUT2D eigenvalue weighted by Gasteiger charge is -2.35. The minimum absolute atomic E-state index is 0.0610. The van der Waals surface area contributed by atoms with Gasteiger partial charge in [-0.2, -0.15) is 11.8 Å². The summed E-state index contributed by atoms with van der Waals surface area (Å²) < 4.78 is 5.37. The molecule has 0 saturated carbocycles. The third-order valence-corrected chi connectivity index (χ3v) is 5.67. The Labute approximate surface area is 208 Å². The Kier molecular flexibility index (Phi) is 11.9. The molecule has 0 spiro atoms. The number of nitrogens with one attached hydrogen (secondary N) is 2. The summed E-state index contributed by atoms with van der Waals surface area (Å²) in [6.45, 7) is 12.3. The number of carbonyl (C=O) groups is 3. The van der Waals surface area contributed by atoms with Crippen molar-refractivity contribution in [2.45, 2.75) is 78.6 Å². The molecule has 0 aliphatic heterocycles. The van der Waals surface area contributed by atoms with Crippen LogP contribution in [0.25, 0.3) is 0 Å². The van der Waals surface area contributed by atoms with Crippen LogP contribution in [0.5, 0.6) is 0 Å². The first-order valence-corrected chi connectivity index (χ1v) is 13.0. The maximum absolute atomic E-state index is 13.8. The fourth-order valence-electron chi connectivity index (χ4n) is 3.67. The van der Waals surface area contributed by atoms with E-state index in [2.05, 4.69) is 10.6 Å². The number of benzene rings is 1. The lowest BCUT2D eigenvalue weighted by molar-refractivity contribution is -0.143. The zero-order chi connectivity index (χ0) is 26.1. The van der Waals surface area contributed by atoms with E-state index in [1.807, 2.05) is 52.1 Å². The van der Waals surface area contributed by atoms with Crippen molar-refractivity contribution in [2.24, 2.45) is 0 Å². The molecular formula is C25H41N3O5S. The summed E-state index contributed by atoms with van der Waals surface area (Å²) in [5, 5.41) is 15.4. The van der Waals surface area contributed by atoms with Crippen LogP contribution >= 0.6 is 11.8 Å². The van der Waals surface area contributed by atoms with Gasteiger partial charge < -0.3 is 25.4 Å². The summed E-state index contributed by atoms with van der Waals surface area (Å²) in [6.07, 6.45) is 1.56. The van der Waals surface area contributed by atoms with E-state index in [1.54, 1.807) is 32.5 Å². The molecule has 0 fully saturated rings. The number of ether oxygens (including phenoxy) is 1. The average Bonchev–Trinajstić information content (AvgIpc) is 2.70. The van der Waals surface area contributed by atoms with Gasteiger partial charge in [-0.3, -0.25) is 9.59 Å². The lowest BCUT2D eigenvalue weighted by Crippen LogP contribution is -2.54. The van der Waals surface area contributed by atoms with Crippen molar-refractivity contribution in [2.75, 3.05) is 25.2 Å². The molecule has 1 aromatic carbocycles. The van der Waals surface area contributed by atoms with E-state index in [4.69, 9.17) is 4.74 Å².